The molecule has 0 saturated heterocycles. The first-order valence-electron chi connectivity index (χ1n) is 24.6. The van der Waals surface area contributed by atoms with E-state index in [1.165, 1.54) is 176 Å². The van der Waals surface area contributed by atoms with Crippen molar-refractivity contribution in [2.45, 2.75) is 0 Å². The molecular formula is C66H34BN3. The third kappa shape index (κ3) is 3.80. The van der Waals surface area contributed by atoms with E-state index in [0.29, 0.717) is 0 Å². The third-order valence-electron chi connectivity index (χ3n) is 17.2. The van der Waals surface area contributed by atoms with Gasteiger partial charge in [-0.15, -0.1) is 0 Å². The van der Waals surface area contributed by atoms with E-state index in [9.17, 15) is 0 Å². The summed E-state index contributed by atoms with van der Waals surface area (Å²) >= 11 is 0. The van der Waals surface area contributed by atoms with Crippen LogP contribution in [0, 0.1) is 0 Å². The molecule has 19 rings (SSSR count). The first-order chi connectivity index (χ1) is 34.8. The lowest BCUT2D eigenvalue weighted by molar-refractivity contribution is 1.10. The second-order valence-corrected chi connectivity index (χ2v) is 20.2. The van der Waals surface area contributed by atoms with Gasteiger partial charge in [0, 0.05) is 43.7 Å². The number of fused-ring (bicyclic) bond motifs is 16. The van der Waals surface area contributed by atoms with Crippen molar-refractivity contribution in [3.05, 3.63) is 206 Å². The fraction of sp³-hybridized carbons (Fsp3) is 0. The highest BCUT2D eigenvalue weighted by Gasteiger charge is 2.43. The van der Waals surface area contributed by atoms with Crippen LogP contribution in [0.15, 0.2) is 206 Å². The lowest BCUT2D eigenvalue weighted by atomic mass is 9.34. The number of nitrogens with zero attached hydrogens (tertiary/aromatic N) is 3. The summed E-state index contributed by atoms with van der Waals surface area (Å²) < 4.78 is 7.94. The SMILES string of the molecule is c1ccc2c(c1)-c1cccc3ccc4c(c13)c1c-2cccc1n4-c1cc2c3c(c1)-n1c4ccccc4c4c5ccccc5cc(c41)B3c1ccc3c4c5c6c(cccc6ccc5n-2c14)-c1ccccc1-3. The molecule has 4 aliphatic rings. The number of benzene rings is 12. The van der Waals surface area contributed by atoms with Gasteiger partial charge in [0.25, 0.3) is 6.71 Å². The molecular weight excluding hydrogens is 846 g/mol. The van der Waals surface area contributed by atoms with Gasteiger partial charge in [0.1, 0.15) is 0 Å². The van der Waals surface area contributed by atoms with Crippen molar-refractivity contribution in [3.63, 3.8) is 0 Å². The van der Waals surface area contributed by atoms with E-state index in [1.807, 2.05) is 0 Å². The molecule has 0 bridgehead atoms. The van der Waals surface area contributed by atoms with E-state index >= 15 is 0 Å². The van der Waals surface area contributed by atoms with E-state index in [-0.39, 0.29) is 6.71 Å². The van der Waals surface area contributed by atoms with E-state index in [2.05, 4.69) is 220 Å². The summed E-state index contributed by atoms with van der Waals surface area (Å²) in [5.41, 5.74) is 25.7. The maximum atomic E-state index is 2.69. The van der Waals surface area contributed by atoms with Crippen LogP contribution in [0.5, 0.6) is 0 Å². The van der Waals surface area contributed by atoms with Crippen molar-refractivity contribution in [1.29, 1.82) is 0 Å². The lowest BCUT2D eigenvalue weighted by Gasteiger charge is -2.35. The highest BCUT2D eigenvalue weighted by molar-refractivity contribution is 7.00. The molecule has 5 heterocycles. The van der Waals surface area contributed by atoms with Crippen LogP contribution in [-0.2, 0) is 0 Å². The molecule has 316 valence electrons. The maximum absolute atomic E-state index is 2.69. The Labute approximate surface area is 400 Å². The quantitative estimate of drug-likeness (QED) is 0.146. The van der Waals surface area contributed by atoms with E-state index in [1.54, 1.807) is 0 Å². The molecule has 2 aliphatic carbocycles. The molecule has 70 heavy (non-hydrogen) atoms. The van der Waals surface area contributed by atoms with Gasteiger partial charge in [-0.25, -0.2) is 0 Å². The Morgan fingerprint density at radius 3 is 1.46 bits per heavy atom. The van der Waals surface area contributed by atoms with Crippen LogP contribution in [0.25, 0.3) is 159 Å². The van der Waals surface area contributed by atoms with Crippen LogP contribution in [0.4, 0.5) is 0 Å². The molecule has 3 aromatic heterocycles. The second kappa shape index (κ2) is 11.8. The average molecular weight is 880 g/mol. The minimum atomic E-state index is -0.00332. The zero-order valence-corrected chi connectivity index (χ0v) is 37.5. The van der Waals surface area contributed by atoms with Crippen molar-refractivity contribution in [3.8, 4) is 61.6 Å². The van der Waals surface area contributed by atoms with Gasteiger partial charge < -0.3 is 13.7 Å². The lowest BCUT2D eigenvalue weighted by Crippen LogP contribution is -2.59. The van der Waals surface area contributed by atoms with Gasteiger partial charge in [-0.3, -0.25) is 0 Å². The minimum Gasteiger partial charge on any atom is -0.310 e. The van der Waals surface area contributed by atoms with Crippen molar-refractivity contribution in [2.75, 3.05) is 0 Å². The molecule has 0 amide bonds. The fourth-order valence-corrected chi connectivity index (χ4v) is 14.7. The van der Waals surface area contributed by atoms with Crippen molar-refractivity contribution in [1.82, 2.24) is 13.7 Å². The standard InChI is InChI=1S/C66H34BN3/c1-2-15-39-37(12-1)32-50-66-59(39)48-20-7-8-24-51(48)69(66)55-33-38(68-52-25-11-23-46-42-18-5-3-16-40(42)44-21-9-13-35-26-30-53(68)62(57(35)44)60(46)52)34-56-64(55)67(50)49-29-28-47-43-19-6-4-17-41(43)45-22-10-14-36-27-31-54-63(58(36)45)61(47)65(49)70(54)56/h1-34H. The Hall–Kier alpha value is -9.12. The van der Waals surface area contributed by atoms with Crippen molar-refractivity contribution >= 4 is 121 Å². The molecule has 2 aliphatic heterocycles. The van der Waals surface area contributed by atoms with Gasteiger partial charge in [0.15, 0.2) is 0 Å². The number of hydrogen-bond donors (Lipinski definition) is 0. The number of hydrogen-bond acceptors (Lipinski definition) is 0. The van der Waals surface area contributed by atoms with Crippen LogP contribution in [0.1, 0.15) is 0 Å². The third-order valence-corrected chi connectivity index (χ3v) is 17.2. The summed E-state index contributed by atoms with van der Waals surface area (Å²) in [7, 11) is 0. The number of rotatable bonds is 1. The summed E-state index contributed by atoms with van der Waals surface area (Å²) in [5.74, 6) is 0. The predicted molar refractivity (Wildman–Crippen MR) is 295 cm³/mol. The Bertz CT molecular complexity index is 5080. The van der Waals surface area contributed by atoms with Crippen molar-refractivity contribution in [2.24, 2.45) is 0 Å². The molecule has 0 spiro atoms. The molecule has 0 fully saturated rings. The summed E-state index contributed by atoms with van der Waals surface area (Å²) in [5, 5.41) is 15.8. The molecule has 15 aromatic rings. The van der Waals surface area contributed by atoms with Crippen LogP contribution in [-0.4, -0.2) is 20.4 Å². The largest absolute Gasteiger partial charge is 0.310 e. The summed E-state index contributed by atoms with van der Waals surface area (Å²) in [4.78, 5) is 0. The summed E-state index contributed by atoms with van der Waals surface area (Å²) in [6, 6.07) is 79.2. The topological polar surface area (TPSA) is 14.8 Å². The van der Waals surface area contributed by atoms with E-state index in [4.69, 9.17) is 0 Å². The van der Waals surface area contributed by atoms with Gasteiger partial charge in [-0.05, 0) is 130 Å². The Balaban J connectivity index is 1.05. The Morgan fingerprint density at radius 1 is 0.271 bits per heavy atom. The highest BCUT2D eigenvalue weighted by Crippen LogP contribution is 2.53. The minimum absolute atomic E-state index is 0.00332. The second-order valence-electron chi connectivity index (χ2n) is 20.2. The van der Waals surface area contributed by atoms with Crippen LogP contribution in [0.3, 0.4) is 0 Å². The monoisotopic (exact) mass is 879 g/mol. The molecule has 0 N–H and O–H groups in total. The zero-order valence-electron chi connectivity index (χ0n) is 37.5. The van der Waals surface area contributed by atoms with Crippen molar-refractivity contribution < 1.29 is 0 Å². The van der Waals surface area contributed by atoms with Gasteiger partial charge in [0.05, 0.1) is 38.8 Å². The fourth-order valence-electron chi connectivity index (χ4n) is 14.7. The summed E-state index contributed by atoms with van der Waals surface area (Å²) in [6.45, 7) is -0.00332. The van der Waals surface area contributed by atoms with E-state index < -0.39 is 0 Å². The van der Waals surface area contributed by atoms with Gasteiger partial charge in [0.2, 0.25) is 0 Å². The van der Waals surface area contributed by atoms with Crippen LogP contribution in [0.2, 0.25) is 0 Å². The summed E-state index contributed by atoms with van der Waals surface area (Å²) in [6.07, 6.45) is 0. The Morgan fingerprint density at radius 2 is 0.757 bits per heavy atom. The molecule has 0 radical (unpaired) electrons. The Kier molecular flexibility index (Phi) is 5.89. The normalized spacial score (nSPS) is 13.4. The molecule has 12 aromatic carbocycles. The van der Waals surface area contributed by atoms with E-state index in [0.717, 1.165) is 0 Å². The van der Waals surface area contributed by atoms with Crippen LogP contribution >= 0.6 is 0 Å². The van der Waals surface area contributed by atoms with Gasteiger partial charge >= 0.3 is 0 Å². The van der Waals surface area contributed by atoms with Gasteiger partial charge in [-0.1, -0.05) is 170 Å². The number of aromatic nitrogens is 3. The first kappa shape index (κ1) is 35.1. The molecule has 0 atom stereocenters. The molecule has 3 nitrogen and oxygen atoms in total. The predicted octanol–water partition coefficient (Wildman–Crippen LogP) is 14.9. The average Bonchev–Trinajstić information content (AvgIpc) is 4.04. The molecule has 0 saturated carbocycles. The smallest absolute Gasteiger partial charge is 0.252 e. The van der Waals surface area contributed by atoms with Crippen LogP contribution < -0.4 is 16.4 Å². The zero-order chi connectivity index (χ0) is 44.8. The number of para-hydroxylation sites is 1. The maximum Gasteiger partial charge on any atom is 0.252 e. The molecule has 4 heteroatoms. The van der Waals surface area contributed by atoms with Gasteiger partial charge in [-0.2, -0.15) is 0 Å². The molecule has 0 unspecified atom stereocenters. The highest BCUT2D eigenvalue weighted by atomic mass is 15.1. The first-order valence-corrected chi connectivity index (χ1v) is 24.6.